The maximum atomic E-state index is 13.0. The van der Waals surface area contributed by atoms with Crippen LogP contribution in [0.25, 0.3) is 11.0 Å². The molecule has 0 bridgehead atoms. The molecule has 0 saturated heterocycles. The number of aromatic amines is 1. The minimum atomic E-state index is -4.40. The van der Waals surface area contributed by atoms with Crippen LogP contribution in [-0.2, 0) is 6.18 Å². The Morgan fingerprint density at radius 2 is 1.90 bits per heavy atom. The van der Waals surface area contributed by atoms with Gasteiger partial charge in [-0.05, 0) is 79.8 Å². The van der Waals surface area contributed by atoms with Gasteiger partial charge in [0, 0.05) is 17.1 Å². The fourth-order valence-electron chi connectivity index (χ4n) is 4.64. The molecule has 3 nitrogen and oxygen atoms in total. The number of nitrogens with one attached hydrogen (secondary N) is 1. The van der Waals surface area contributed by atoms with Crippen LogP contribution < -0.4 is 0 Å². The summed E-state index contributed by atoms with van der Waals surface area (Å²) in [5.41, 5.74) is 1.80. The van der Waals surface area contributed by atoms with Crippen molar-refractivity contribution in [3.05, 3.63) is 58.6 Å². The van der Waals surface area contributed by atoms with Crippen LogP contribution >= 0.6 is 11.6 Å². The molecular weight excluding hydrogens is 399 g/mol. The van der Waals surface area contributed by atoms with Gasteiger partial charge in [0.25, 0.3) is 0 Å². The van der Waals surface area contributed by atoms with Gasteiger partial charge in [-0.2, -0.15) is 13.2 Å². The van der Waals surface area contributed by atoms with E-state index in [-0.39, 0.29) is 5.92 Å². The molecule has 3 aromatic rings. The molecule has 1 fully saturated rings. The number of benzene rings is 1. The number of H-pyrrole nitrogens is 1. The Labute approximate surface area is 172 Å². The third-order valence-electron chi connectivity index (χ3n) is 6.14. The molecule has 1 saturated carbocycles. The van der Waals surface area contributed by atoms with Crippen molar-refractivity contribution in [2.24, 2.45) is 5.92 Å². The molecule has 0 radical (unpaired) electrons. The summed E-state index contributed by atoms with van der Waals surface area (Å²) in [7, 11) is 0. The second-order valence-corrected chi connectivity index (χ2v) is 8.32. The molecule has 1 unspecified atom stereocenters. The van der Waals surface area contributed by atoms with E-state index in [4.69, 9.17) is 16.6 Å². The Balaban J connectivity index is 1.48. The molecule has 1 aromatic carbocycles. The second kappa shape index (κ2) is 7.98. The molecular formula is C22H23ClF3N3. The van der Waals surface area contributed by atoms with Crippen molar-refractivity contribution in [1.29, 1.82) is 0 Å². The number of hydrogen-bond donors (Lipinski definition) is 1. The maximum absolute atomic E-state index is 13.0. The predicted molar refractivity (Wildman–Crippen MR) is 108 cm³/mol. The lowest BCUT2D eigenvalue weighted by Gasteiger charge is -2.33. The van der Waals surface area contributed by atoms with Gasteiger partial charge in [-0.15, -0.1) is 0 Å². The Morgan fingerprint density at radius 1 is 1.14 bits per heavy atom. The van der Waals surface area contributed by atoms with Crippen LogP contribution in [0.5, 0.6) is 0 Å². The van der Waals surface area contributed by atoms with Crippen molar-refractivity contribution < 1.29 is 13.2 Å². The zero-order chi connectivity index (χ0) is 20.6. The highest BCUT2D eigenvalue weighted by molar-refractivity contribution is 6.31. The molecule has 1 aliphatic rings. The van der Waals surface area contributed by atoms with E-state index in [9.17, 15) is 13.2 Å². The smallest absolute Gasteiger partial charge is 0.342 e. The van der Waals surface area contributed by atoms with Gasteiger partial charge >= 0.3 is 6.18 Å². The van der Waals surface area contributed by atoms with Crippen molar-refractivity contribution in [3.63, 3.8) is 0 Å². The van der Waals surface area contributed by atoms with Gasteiger partial charge in [-0.1, -0.05) is 18.5 Å². The lowest BCUT2D eigenvalue weighted by Crippen LogP contribution is -2.21. The summed E-state index contributed by atoms with van der Waals surface area (Å²) < 4.78 is 38.9. The molecule has 1 N–H and O–H groups in total. The number of alkyl halides is 3. The molecule has 2 heterocycles. The lowest BCUT2D eigenvalue weighted by molar-refractivity contribution is -0.141. The van der Waals surface area contributed by atoms with E-state index >= 15 is 0 Å². The zero-order valence-electron chi connectivity index (χ0n) is 16.1. The van der Waals surface area contributed by atoms with Gasteiger partial charge < -0.3 is 4.98 Å². The van der Waals surface area contributed by atoms with Gasteiger partial charge in [0.15, 0.2) is 0 Å². The summed E-state index contributed by atoms with van der Waals surface area (Å²) in [5, 5.41) is 0.678. The summed E-state index contributed by atoms with van der Waals surface area (Å²) in [6, 6.07) is 8.58. The highest BCUT2D eigenvalue weighted by atomic mass is 35.5. The Morgan fingerprint density at radius 3 is 2.59 bits per heavy atom. The lowest BCUT2D eigenvalue weighted by atomic mass is 9.73. The molecule has 4 rings (SSSR count). The molecule has 154 valence electrons. The van der Waals surface area contributed by atoms with E-state index in [0.717, 1.165) is 54.5 Å². The van der Waals surface area contributed by atoms with Crippen molar-refractivity contribution >= 4 is 22.6 Å². The molecule has 1 aliphatic carbocycles. The van der Waals surface area contributed by atoms with Crippen molar-refractivity contribution in [2.45, 2.75) is 57.0 Å². The third-order valence-corrected chi connectivity index (χ3v) is 6.38. The molecule has 1 atom stereocenters. The fraction of sp³-hybridized carbons (Fsp3) is 0.455. The first kappa shape index (κ1) is 20.2. The summed E-state index contributed by atoms with van der Waals surface area (Å²) in [4.78, 5) is 11.7. The van der Waals surface area contributed by atoms with Crippen LogP contribution in [0.2, 0.25) is 5.02 Å². The van der Waals surface area contributed by atoms with E-state index in [1.807, 2.05) is 18.2 Å². The summed E-state index contributed by atoms with van der Waals surface area (Å²) >= 11 is 6.08. The average molecular weight is 422 g/mol. The highest BCUT2D eigenvalue weighted by Crippen LogP contribution is 2.43. The quantitative estimate of drug-likeness (QED) is 0.488. The first-order valence-electron chi connectivity index (χ1n) is 10.0. The van der Waals surface area contributed by atoms with Crippen LogP contribution in [0.3, 0.4) is 0 Å². The van der Waals surface area contributed by atoms with Crippen molar-refractivity contribution in [2.75, 3.05) is 0 Å². The Kier molecular flexibility index (Phi) is 5.56. The molecule has 29 heavy (non-hydrogen) atoms. The number of fused-ring (bicyclic) bond motifs is 1. The molecule has 2 aromatic heterocycles. The number of hydrogen-bond acceptors (Lipinski definition) is 2. The fourth-order valence-corrected chi connectivity index (χ4v) is 4.81. The van der Waals surface area contributed by atoms with Crippen LogP contribution in [0.4, 0.5) is 13.2 Å². The van der Waals surface area contributed by atoms with Crippen LogP contribution in [-0.4, -0.2) is 15.0 Å². The zero-order valence-corrected chi connectivity index (χ0v) is 16.9. The van der Waals surface area contributed by atoms with Gasteiger partial charge in [0.1, 0.15) is 11.5 Å². The maximum Gasteiger partial charge on any atom is 0.433 e. The predicted octanol–water partition coefficient (Wildman–Crippen LogP) is 7.10. The first-order chi connectivity index (χ1) is 13.8. The third kappa shape index (κ3) is 4.27. The second-order valence-electron chi connectivity index (χ2n) is 7.88. The largest absolute Gasteiger partial charge is 0.433 e. The number of imidazole rings is 1. The minimum absolute atomic E-state index is 0.155. The van der Waals surface area contributed by atoms with E-state index in [0.29, 0.717) is 16.9 Å². The van der Waals surface area contributed by atoms with Crippen LogP contribution in [0.1, 0.15) is 67.9 Å². The monoisotopic (exact) mass is 421 g/mol. The van der Waals surface area contributed by atoms with E-state index < -0.39 is 11.9 Å². The van der Waals surface area contributed by atoms with Gasteiger partial charge in [-0.3, -0.25) is 4.98 Å². The standard InChI is InChI=1S/C22H23ClF3N3/c1-2-17(21-28-18-8-7-16(23)12-19(18)29-21)14-5-3-13(4-6-14)15-9-10-27-20(11-15)22(24,25)26/h7-14,17H,2-6H2,1H3,(H,28,29)/t13-,14-,17?. The van der Waals surface area contributed by atoms with Crippen molar-refractivity contribution in [1.82, 2.24) is 15.0 Å². The number of aromatic nitrogens is 3. The summed E-state index contributed by atoms with van der Waals surface area (Å²) in [6.07, 6.45) is 1.57. The Hall–Kier alpha value is -2.08. The number of rotatable bonds is 4. The normalized spacial score (nSPS) is 21.4. The number of halogens is 4. The van der Waals surface area contributed by atoms with Crippen LogP contribution in [0, 0.1) is 5.92 Å². The first-order valence-corrected chi connectivity index (χ1v) is 10.4. The van der Waals surface area contributed by atoms with Gasteiger partial charge in [0.2, 0.25) is 0 Å². The average Bonchev–Trinajstić information content (AvgIpc) is 3.11. The topological polar surface area (TPSA) is 41.6 Å². The minimum Gasteiger partial charge on any atom is -0.342 e. The highest BCUT2D eigenvalue weighted by Gasteiger charge is 2.34. The summed E-state index contributed by atoms with van der Waals surface area (Å²) in [5.74, 6) is 1.92. The Bertz CT molecular complexity index is 990. The van der Waals surface area contributed by atoms with Gasteiger partial charge in [0.05, 0.1) is 11.0 Å². The van der Waals surface area contributed by atoms with Gasteiger partial charge in [-0.25, -0.2) is 4.98 Å². The molecule has 0 spiro atoms. The molecule has 7 heteroatoms. The van der Waals surface area contributed by atoms with E-state index in [2.05, 4.69) is 16.9 Å². The number of nitrogens with zero attached hydrogens (tertiary/aromatic N) is 2. The SMILES string of the molecule is CCC(c1nc2ccc(Cl)cc2[nH]1)[C@H]1CC[C@H](c2ccnc(C(F)(F)F)c2)CC1. The summed E-state index contributed by atoms with van der Waals surface area (Å²) in [6.45, 7) is 2.16. The van der Waals surface area contributed by atoms with Crippen LogP contribution in [0.15, 0.2) is 36.5 Å². The number of pyridine rings is 1. The molecule has 0 amide bonds. The molecule has 0 aliphatic heterocycles. The van der Waals surface area contributed by atoms with Crippen molar-refractivity contribution in [3.8, 4) is 0 Å². The van der Waals surface area contributed by atoms with E-state index in [1.54, 1.807) is 6.07 Å². The van der Waals surface area contributed by atoms with E-state index in [1.165, 1.54) is 12.3 Å².